The van der Waals surface area contributed by atoms with Gasteiger partial charge in [0.25, 0.3) is 0 Å². The molecule has 1 fully saturated rings. The number of hydrogen-bond donors (Lipinski definition) is 0. The topological polar surface area (TPSA) is 6.48 Å². The molecule has 0 amide bonds. The Kier molecular flexibility index (Phi) is 5.03. The fourth-order valence-corrected chi connectivity index (χ4v) is 3.63. The highest BCUT2D eigenvalue weighted by Crippen LogP contribution is 2.25. The Labute approximate surface area is 156 Å². The highest BCUT2D eigenvalue weighted by Gasteiger charge is 2.17. The monoisotopic (exact) mass is 342 g/mol. The van der Waals surface area contributed by atoms with Crippen molar-refractivity contribution < 1.29 is 0 Å². The first-order chi connectivity index (χ1) is 12.8. The Morgan fingerprint density at radius 1 is 0.692 bits per heavy atom. The van der Waals surface area contributed by atoms with Crippen molar-refractivity contribution in [2.24, 2.45) is 0 Å². The van der Waals surface area contributed by atoms with Crippen LogP contribution in [0.15, 0.2) is 78.9 Å². The zero-order valence-corrected chi connectivity index (χ0v) is 15.4. The molecule has 26 heavy (non-hydrogen) atoms. The number of anilines is 1. The first kappa shape index (κ1) is 16.9. The summed E-state index contributed by atoms with van der Waals surface area (Å²) in [6.07, 6.45) is 0. The van der Waals surface area contributed by atoms with Crippen molar-refractivity contribution >= 4 is 5.69 Å². The lowest BCUT2D eigenvalue weighted by Gasteiger charge is -2.36. The van der Waals surface area contributed by atoms with Crippen LogP contribution < -0.4 is 4.90 Å². The zero-order chi connectivity index (χ0) is 17.8. The number of benzene rings is 3. The van der Waals surface area contributed by atoms with Crippen LogP contribution in [-0.2, 0) is 6.54 Å². The third-order valence-corrected chi connectivity index (χ3v) is 5.22. The van der Waals surface area contributed by atoms with E-state index in [1.165, 1.54) is 27.9 Å². The maximum Gasteiger partial charge on any atom is 0.0373 e. The summed E-state index contributed by atoms with van der Waals surface area (Å²) in [4.78, 5) is 5.07. The molecule has 0 spiro atoms. The molecule has 1 aliphatic heterocycles. The maximum absolute atomic E-state index is 2.56. The molecule has 0 aromatic heterocycles. The number of nitrogens with zero attached hydrogens (tertiary/aromatic N) is 2. The lowest BCUT2D eigenvalue weighted by atomic mass is 10.0. The molecule has 0 saturated carbocycles. The third-order valence-electron chi connectivity index (χ3n) is 5.22. The molecule has 0 N–H and O–H groups in total. The molecular formula is C24H26N2. The molecule has 1 saturated heterocycles. The van der Waals surface area contributed by atoms with E-state index >= 15 is 0 Å². The molecule has 132 valence electrons. The Morgan fingerprint density at radius 3 is 2.12 bits per heavy atom. The highest BCUT2D eigenvalue weighted by molar-refractivity contribution is 5.68. The number of hydrogen-bond acceptors (Lipinski definition) is 2. The van der Waals surface area contributed by atoms with Crippen LogP contribution in [0.4, 0.5) is 5.69 Å². The van der Waals surface area contributed by atoms with Gasteiger partial charge in [-0.2, -0.15) is 0 Å². The van der Waals surface area contributed by atoms with Crippen molar-refractivity contribution in [3.8, 4) is 11.1 Å². The smallest absolute Gasteiger partial charge is 0.0373 e. The first-order valence-electron chi connectivity index (χ1n) is 9.46. The van der Waals surface area contributed by atoms with E-state index in [4.69, 9.17) is 0 Å². The average molecular weight is 342 g/mol. The van der Waals surface area contributed by atoms with Gasteiger partial charge in [-0.05, 0) is 35.7 Å². The van der Waals surface area contributed by atoms with Gasteiger partial charge in [0.2, 0.25) is 0 Å². The van der Waals surface area contributed by atoms with Crippen molar-refractivity contribution in [3.63, 3.8) is 0 Å². The van der Waals surface area contributed by atoms with E-state index in [1.54, 1.807) is 0 Å². The molecule has 1 aliphatic rings. The standard InChI is InChI=1S/C24H26N2/c1-20-10-12-21(13-11-20)19-25-14-16-26(17-15-25)24-9-5-8-23(18-24)22-6-3-2-4-7-22/h2-13,18H,14-17,19H2,1H3. The van der Waals surface area contributed by atoms with Crippen LogP contribution >= 0.6 is 0 Å². The van der Waals surface area contributed by atoms with E-state index in [-0.39, 0.29) is 0 Å². The first-order valence-corrected chi connectivity index (χ1v) is 9.46. The van der Waals surface area contributed by atoms with Crippen molar-refractivity contribution in [1.82, 2.24) is 4.90 Å². The van der Waals surface area contributed by atoms with Crippen LogP contribution in [0, 0.1) is 6.92 Å². The molecule has 3 aromatic rings. The van der Waals surface area contributed by atoms with Gasteiger partial charge >= 0.3 is 0 Å². The van der Waals surface area contributed by atoms with Gasteiger partial charge in [0.1, 0.15) is 0 Å². The molecule has 3 aromatic carbocycles. The van der Waals surface area contributed by atoms with Crippen molar-refractivity contribution in [2.45, 2.75) is 13.5 Å². The normalized spacial score (nSPS) is 15.2. The molecule has 0 radical (unpaired) electrons. The Morgan fingerprint density at radius 2 is 1.38 bits per heavy atom. The molecule has 0 aliphatic carbocycles. The van der Waals surface area contributed by atoms with Crippen LogP contribution in [0.25, 0.3) is 11.1 Å². The molecule has 2 nitrogen and oxygen atoms in total. The number of rotatable bonds is 4. The van der Waals surface area contributed by atoms with Gasteiger partial charge in [-0.25, -0.2) is 0 Å². The van der Waals surface area contributed by atoms with Crippen molar-refractivity contribution in [2.75, 3.05) is 31.1 Å². The minimum atomic E-state index is 1.05. The Balaban J connectivity index is 1.39. The molecule has 0 bridgehead atoms. The van der Waals surface area contributed by atoms with Gasteiger partial charge in [-0.15, -0.1) is 0 Å². The van der Waals surface area contributed by atoms with Gasteiger partial charge in [-0.1, -0.05) is 72.3 Å². The summed E-state index contributed by atoms with van der Waals surface area (Å²) >= 11 is 0. The van der Waals surface area contributed by atoms with Gasteiger partial charge in [0.15, 0.2) is 0 Å². The van der Waals surface area contributed by atoms with Crippen molar-refractivity contribution in [1.29, 1.82) is 0 Å². The zero-order valence-electron chi connectivity index (χ0n) is 15.4. The molecule has 0 unspecified atom stereocenters. The van der Waals surface area contributed by atoms with E-state index in [1.807, 2.05) is 0 Å². The van der Waals surface area contributed by atoms with E-state index in [0.717, 1.165) is 32.7 Å². The summed E-state index contributed by atoms with van der Waals surface area (Å²) in [5.41, 5.74) is 6.66. The average Bonchev–Trinajstić information content (AvgIpc) is 2.71. The fourth-order valence-electron chi connectivity index (χ4n) is 3.63. The molecule has 1 heterocycles. The summed E-state index contributed by atoms with van der Waals surface area (Å²) in [7, 11) is 0. The molecule has 4 rings (SSSR count). The van der Waals surface area contributed by atoms with E-state index in [9.17, 15) is 0 Å². The second-order valence-electron chi connectivity index (χ2n) is 7.17. The van der Waals surface area contributed by atoms with Crippen molar-refractivity contribution in [3.05, 3.63) is 90.0 Å². The molecular weight excluding hydrogens is 316 g/mol. The summed E-state index contributed by atoms with van der Waals surface area (Å²) in [6.45, 7) is 7.60. The second kappa shape index (κ2) is 7.76. The lowest BCUT2D eigenvalue weighted by molar-refractivity contribution is 0.250. The van der Waals surface area contributed by atoms with Gasteiger partial charge in [-0.3, -0.25) is 4.90 Å². The highest BCUT2D eigenvalue weighted by atomic mass is 15.3. The predicted octanol–water partition coefficient (Wildman–Crippen LogP) is 4.98. The predicted molar refractivity (Wildman–Crippen MR) is 111 cm³/mol. The van der Waals surface area contributed by atoms with Crippen LogP contribution in [-0.4, -0.2) is 31.1 Å². The molecule has 2 heteroatoms. The van der Waals surface area contributed by atoms with Gasteiger partial charge in [0.05, 0.1) is 0 Å². The third kappa shape index (κ3) is 3.97. The van der Waals surface area contributed by atoms with E-state index in [0.29, 0.717) is 0 Å². The maximum atomic E-state index is 2.56. The summed E-state index contributed by atoms with van der Waals surface area (Å²) in [5, 5.41) is 0. The summed E-state index contributed by atoms with van der Waals surface area (Å²) in [5.74, 6) is 0. The van der Waals surface area contributed by atoms with Gasteiger partial charge < -0.3 is 4.90 Å². The Hall–Kier alpha value is -2.58. The largest absolute Gasteiger partial charge is 0.369 e. The van der Waals surface area contributed by atoms with Crippen LogP contribution in [0.3, 0.4) is 0 Å². The SMILES string of the molecule is Cc1ccc(CN2CCN(c3cccc(-c4ccccc4)c3)CC2)cc1. The minimum Gasteiger partial charge on any atom is -0.369 e. The summed E-state index contributed by atoms with van der Waals surface area (Å²) in [6, 6.07) is 28.5. The number of piperazine rings is 1. The number of aryl methyl sites for hydroxylation is 1. The summed E-state index contributed by atoms with van der Waals surface area (Å²) < 4.78 is 0. The van der Waals surface area contributed by atoms with Crippen LogP contribution in [0.5, 0.6) is 0 Å². The Bertz CT molecular complexity index is 832. The van der Waals surface area contributed by atoms with Gasteiger partial charge in [0, 0.05) is 38.4 Å². The van der Waals surface area contributed by atoms with Crippen LogP contribution in [0.2, 0.25) is 0 Å². The fraction of sp³-hybridized carbons (Fsp3) is 0.250. The van der Waals surface area contributed by atoms with Crippen LogP contribution in [0.1, 0.15) is 11.1 Å². The quantitative estimate of drug-likeness (QED) is 0.659. The molecule has 0 atom stereocenters. The lowest BCUT2D eigenvalue weighted by Crippen LogP contribution is -2.45. The van der Waals surface area contributed by atoms with E-state index in [2.05, 4.69) is 95.6 Å². The van der Waals surface area contributed by atoms with E-state index < -0.39 is 0 Å². The minimum absolute atomic E-state index is 1.05. The second-order valence-corrected chi connectivity index (χ2v) is 7.17.